The van der Waals surface area contributed by atoms with Crippen LogP contribution in [0.1, 0.15) is 12.5 Å². The fraction of sp³-hybridized carbons (Fsp3) is 0.333. The van der Waals surface area contributed by atoms with Crippen molar-refractivity contribution in [1.29, 1.82) is 0 Å². The molecule has 1 aromatic carbocycles. The lowest BCUT2D eigenvalue weighted by Crippen LogP contribution is -2.47. The summed E-state index contributed by atoms with van der Waals surface area (Å²) in [5.41, 5.74) is 2.69. The Bertz CT molecular complexity index is 316. The van der Waals surface area contributed by atoms with Gasteiger partial charge in [-0.05, 0) is 24.6 Å². The highest BCUT2D eigenvalue weighted by Gasteiger charge is 2.49. The molecule has 1 rings (SSSR count). The second kappa shape index (κ2) is 3.16. The van der Waals surface area contributed by atoms with E-state index in [0.29, 0.717) is 0 Å². The van der Waals surface area contributed by atoms with Gasteiger partial charge in [0.05, 0.1) is 0 Å². The molecule has 0 saturated carbocycles. The van der Waals surface area contributed by atoms with Crippen LogP contribution in [0.3, 0.4) is 0 Å². The van der Waals surface area contributed by atoms with Crippen molar-refractivity contribution in [2.24, 2.45) is 5.73 Å². The first-order valence-electron chi connectivity index (χ1n) is 3.90. The largest absolute Gasteiger partial charge is 0.508 e. The number of aromatic hydroxyl groups is 1. The smallest absolute Gasteiger partial charge is 0.410 e. The van der Waals surface area contributed by atoms with Gasteiger partial charge in [0.2, 0.25) is 0 Å². The van der Waals surface area contributed by atoms with E-state index in [9.17, 15) is 13.2 Å². The third kappa shape index (κ3) is 1.82. The molecule has 0 saturated heterocycles. The third-order valence-corrected chi connectivity index (χ3v) is 2.06. The molecule has 0 amide bonds. The number of halogens is 3. The summed E-state index contributed by atoms with van der Waals surface area (Å²) >= 11 is 0. The van der Waals surface area contributed by atoms with E-state index in [1.165, 1.54) is 12.1 Å². The van der Waals surface area contributed by atoms with E-state index in [-0.39, 0.29) is 11.3 Å². The summed E-state index contributed by atoms with van der Waals surface area (Å²) in [7, 11) is 0. The number of phenolic OH excluding ortho intramolecular Hbond substituents is 1. The predicted octanol–water partition coefficient (Wildman–Crippen LogP) is 2.13. The number of hydrogen-bond acceptors (Lipinski definition) is 2. The summed E-state index contributed by atoms with van der Waals surface area (Å²) < 4.78 is 37.3. The van der Waals surface area contributed by atoms with Crippen molar-refractivity contribution in [3.8, 4) is 5.75 Å². The van der Waals surface area contributed by atoms with Crippen LogP contribution in [0.5, 0.6) is 5.75 Å². The summed E-state index contributed by atoms with van der Waals surface area (Å²) in [5, 5.41) is 8.90. The minimum Gasteiger partial charge on any atom is -0.508 e. The minimum absolute atomic E-state index is 0.0807. The average molecular weight is 205 g/mol. The number of benzene rings is 1. The Morgan fingerprint density at radius 1 is 1.14 bits per heavy atom. The first-order valence-corrected chi connectivity index (χ1v) is 3.90. The van der Waals surface area contributed by atoms with Gasteiger partial charge in [0, 0.05) is 0 Å². The van der Waals surface area contributed by atoms with Crippen molar-refractivity contribution in [2.75, 3.05) is 0 Å². The Hall–Kier alpha value is -1.23. The van der Waals surface area contributed by atoms with Gasteiger partial charge < -0.3 is 10.8 Å². The first kappa shape index (κ1) is 10.8. The monoisotopic (exact) mass is 205 g/mol. The highest BCUT2D eigenvalue weighted by molar-refractivity contribution is 5.31. The fourth-order valence-corrected chi connectivity index (χ4v) is 0.971. The zero-order chi connectivity index (χ0) is 11.0. The normalized spacial score (nSPS) is 16.4. The van der Waals surface area contributed by atoms with E-state index in [0.717, 1.165) is 19.1 Å². The second-order valence-electron chi connectivity index (χ2n) is 3.25. The number of nitrogens with two attached hydrogens (primary N) is 1. The molecule has 1 atom stereocenters. The fourth-order valence-electron chi connectivity index (χ4n) is 0.971. The summed E-state index contributed by atoms with van der Waals surface area (Å²) in [6.07, 6.45) is -4.51. The van der Waals surface area contributed by atoms with Crippen LogP contribution in [0.4, 0.5) is 13.2 Å². The van der Waals surface area contributed by atoms with E-state index < -0.39 is 11.7 Å². The van der Waals surface area contributed by atoms with Crippen molar-refractivity contribution >= 4 is 0 Å². The second-order valence-corrected chi connectivity index (χ2v) is 3.25. The number of hydrogen-bond donors (Lipinski definition) is 2. The van der Waals surface area contributed by atoms with E-state index >= 15 is 0 Å². The number of alkyl halides is 3. The molecular weight excluding hydrogens is 195 g/mol. The summed E-state index contributed by atoms with van der Waals surface area (Å²) in [6, 6.07) is 4.66. The van der Waals surface area contributed by atoms with Crippen LogP contribution in [0.15, 0.2) is 24.3 Å². The molecule has 0 aliphatic rings. The standard InChI is InChI=1S/C9H10F3NO/c1-8(13,9(10,11)12)6-2-4-7(14)5-3-6/h2-5,14H,13H2,1H3/t8-/m1/s1. The molecule has 0 aromatic heterocycles. The summed E-state index contributed by atoms with van der Waals surface area (Å²) in [4.78, 5) is 0. The van der Waals surface area contributed by atoms with Gasteiger partial charge in [-0.3, -0.25) is 0 Å². The van der Waals surface area contributed by atoms with Crippen molar-refractivity contribution in [3.05, 3.63) is 29.8 Å². The lowest BCUT2D eigenvalue weighted by atomic mass is 9.92. The number of phenols is 1. The Kier molecular flexibility index (Phi) is 2.45. The lowest BCUT2D eigenvalue weighted by Gasteiger charge is -2.27. The van der Waals surface area contributed by atoms with Crippen molar-refractivity contribution in [3.63, 3.8) is 0 Å². The Balaban J connectivity index is 3.10. The van der Waals surface area contributed by atoms with Crippen LogP contribution in [0, 0.1) is 0 Å². The molecule has 0 fully saturated rings. The number of rotatable bonds is 1. The maximum atomic E-state index is 12.4. The molecule has 3 N–H and O–H groups in total. The van der Waals surface area contributed by atoms with Crippen LogP contribution >= 0.6 is 0 Å². The van der Waals surface area contributed by atoms with Gasteiger partial charge in [0.1, 0.15) is 11.3 Å². The molecule has 0 aliphatic carbocycles. The lowest BCUT2D eigenvalue weighted by molar-refractivity contribution is -0.184. The van der Waals surface area contributed by atoms with Crippen LogP contribution in [-0.4, -0.2) is 11.3 Å². The van der Waals surface area contributed by atoms with Crippen molar-refractivity contribution < 1.29 is 18.3 Å². The molecule has 5 heteroatoms. The average Bonchev–Trinajstić information content (AvgIpc) is 2.03. The maximum absolute atomic E-state index is 12.4. The molecule has 2 nitrogen and oxygen atoms in total. The van der Waals surface area contributed by atoms with E-state index in [1.54, 1.807) is 0 Å². The minimum atomic E-state index is -4.51. The molecule has 14 heavy (non-hydrogen) atoms. The van der Waals surface area contributed by atoms with Crippen LogP contribution in [-0.2, 0) is 5.54 Å². The molecule has 0 aliphatic heterocycles. The Morgan fingerprint density at radius 3 is 1.93 bits per heavy atom. The van der Waals surface area contributed by atoms with Gasteiger partial charge in [-0.25, -0.2) is 0 Å². The van der Waals surface area contributed by atoms with E-state index in [4.69, 9.17) is 10.8 Å². The van der Waals surface area contributed by atoms with Gasteiger partial charge in [0.15, 0.2) is 0 Å². The highest BCUT2D eigenvalue weighted by atomic mass is 19.4. The molecule has 78 valence electrons. The maximum Gasteiger partial charge on any atom is 0.410 e. The van der Waals surface area contributed by atoms with Gasteiger partial charge in [-0.1, -0.05) is 12.1 Å². The molecule has 0 unspecified atom stereocenters. The summed E-state index contributed by atoms with van der Waals surface area (Å²) in [6.45, 7) is 0.888. The molecule has 0 heterocycles. The van der Waals surface area contributed by atoms with Gasteiger partial charge >= 0.3 is 6.18 Å². The molecule has 0 spiro atoms. The molecule has 1 aromatic rings. The zero-order valence-corrected chi connectivity index (χ0v) is 7.47. The van der Waals surface area contributed by atoms with Crippen LogP contribution < -0.4 is 5.73 Å². The highest BCUT2D eigenvalue weighted by Crippen LogP contribution is 2.36. The Labute approximate surface area is 79.2 Å². The van der Waals surface area contributed by atoms with Crippen LogP contribution in [0.25, 0.3) is 0 Å². The van der Waals surface area contributed by atoms with Crippen molar-refractivity contribution in [2.45, 2.75) is 18.6 Å². The topological polar surface area (TPSA) is 46.2 Å². The van der Waals surface area contributed by atoms with Crippen molar-refractivity contribution in [1.82, 2.24) is 0 Å². The van der Waals surface area contributed by atoms with E-state index in [2.05, 4.69) is 0 Å². The summed E-state index contributed by atoms with van der Waals surface area (Å²) in [5.74, 6) is -0.0910. The van der Waals surface area contributed by atoms with Crippen LogP contribution in [0.2, 0.25) is 0 Å². The van der Waals surface area contributed by atoms with Gasteiger partial charge in [-0.15, -0.1) is 0 Å². The first-order chi connectivity index (χ1) is 6.25. The predicted molar refractivity (Wildman–Crippen MR) is 45.7 cm³/mol. The van der Waals surface area contributed by atoms with Gasteiger partial charge in [-0.2, -0.15) is 13.2 Å². The SMILES string of the molecule is C[C@@](N)(c1ccc(O)cc1)C(F)(F)F. The Morgan fingerprint density at radius 2 is 1.57 bits per heavy atom. The molecular formula is C9H10F3NO. The zero-order valence-electron chi connectivity index (χ0n) is 7.47. The third-order valence-electron chi connectivity index (χ3n) is 2.06. The van der Waals surface area contributed by atoms with E-state index in [1.807, 2.05) is 0 Å². The molecule has 0 radical (unpaired) electrons. The molecule has 0 bridgehead atoms. The van der Waals surface area contributed by atoms with Gasteiger partial charge in [0.25, 0.3) is 0 Å². The quantitative estimate of drug-likeness (QED) is 0.737.